The van der Waals surface area contributed by atoms with Gasteiger partial charge in [0.05, 0.1) is 38.6 Å². The highest BCUT2D eigenvalue weighted by Gasteiger charge is 2.23. The van der Waals surface area contributed by atoms with Gasteiger partial charge in [0.1, 0.15) is 0 Å². The summed E-state index contributed by atoms with van der Waals surface area (Å²) in [6.45, 7) is 8.29. The van der Waals surface area contributed by atoms with Crippen molar-refractivity contribution in [2.45, 2.75) is 57.8 Å². The standard InChI is InChI=1S/C23H36ClN3O3/c1-2-25-23(26-11-15-28-17-19-6-5-7-20(24)16-19)27-12-9-21(10-13-27)30-18-22-8-3-4-14-29-22/h5-7,16,21-22H,2-4,8-15,17-18H2,1H3,(H,25,26). The van der Waals surface area contributed by atoms with Crippen LogP contribution in [0, 0.1) is 0 Å². The second-order valence-electron chi connectivity index (χ2n) is 7.93. The first-order valence-corrected chi connectivity index (χ1v) is 11.7. The largest absolute Gasteiger partial charge is 0.376 e. The predicted molar refractivity (Wildman–Crippen MR) is 121 cm³/mol. The molecule has 7 heteroatoms. The fourth-order valence-electron chi connectivity index (χ4n) is 3.88. The topological polar surface area (TPSA) is 55.3 Å². The van der Waals surface area contributed by atoms with Crippen molar-refractivity contribution < 1.29 is 14.2 Å². The maximum absolute atomic E-state index is 6.13. The van der Waals surface area contributed by atoms with Gasteiger partial charge in [-0.05, 0) is 56.7 Å². The number of halogens is 1. The molecule has 2 aliphatic rings. The lowest BCUT2D eigenvalue weighted by Gasteiger charge is -2.35. The van der Waals surface area contributed by atoms with E-state index >= 15 is 0 Å². The number of rotatable bonds is 9. The number of likely N-dealkylation sites (tertiary alicyclic amines) is 1. The first kappa shape index (κ1) is 23.3. The van der Waals surface area contributed by atoms with Gasteiger partial charge in [-0.15, -0.1) is 0 Å². The van der Waals surface area contributed by atoms with Gasteiger partial charge in [0.15, 0.2) is 5.96 Å². The molecule has 1 atom stereocenters. The molecule has 30 heavy (non-hydrogen) atoms. The highest BCUT2D eigenvalue weighted by Crippen LogP contribution is 2.18. The van der Waals surface area contributed by atoms with Crippen LogP contribution in [0.3, 0.4) is 0 Å². The van der Waals surface area contributed by atoms with Crippen LogP contribution in [-0.4, -0.2) is 69.1 Å². The molecular weight excluding hydrogens is 402 g/mol. The average Bonchev–Trinajstić information content (AvgIpc) is 2.78. The Morgan fingerprint density at radius 3 is 2.87 bits per heavy atom. The summed E-state index contributed by atoms with van der Waals surface area (Å²) in [5.41, 5.74) is 1.08. The third kappa shape index (κ3) is 8.06. The number of nitrogens with one attached hydrogen (secondary N) is 1. The summed E-state index contributed by atoms with van der Waals surface area (Å²) >= 11 is 6.01. The summed E-state index contributed by atoms with van der Waals surface area (Å²) in [4.78, 5) is 7.08. The smallest absolute Gasteiger partial charge is 0.193 e. The molecule has 0 amide bonds. The molecule has 168 valence electrons. The quantitative estimate of drug-likeness (QED) is 0.361. The Balaban J connectivity index is 1.35. The molecule has 0 spiro atoms. The van der Waals surface area contributed by atoms with Gasteiger partial charge < -0.3 is 24.4 Å². The molecule has 6 nitrogen and oxygen atoms in total. The van der Waals surface area contributed by atoms with Gasteiger partial charge in [0.2, 0.25) is 0 Å². The van der Waals surface area contributed by atoms with Crippen LogP contribution in [0.5, 0.6) is 0 Å². The van der Waals surface area contributed by atoms with Gasteiger partial charge in [-0.2, -0.15) is 0 Å². The van der Waals surface area contributed by atoms with Crippen molar-refractivity contribution in [1.82, 2.24) is 10.2 Å². The molecule has 2 saturated heterocycles. The van der Waals surface area contributed by atoms with Crippen molar-refractivity contribution in [1.29, 1.82) is 0 Å². The third-order valence-corrected chi connectivity index (χ3v) is 5.76. The Hall–Kier alpha value is -1.34. The monoisotopic (exact) mass is 437 g/mol. The molecule has 0 radical (unpaired) electrons. The Bertz CT molecular complexity index is 644. The van der Waals surface area contributed by atoms with Gasteiger partial charge in [0, 0.05) is 31.3 Å². The molecule has 1 unspecified atom stereocenters. The van der Waals surface area contributed by atoms with E-state index in [1.54, 1.807) is 0 Å². The van der Waals surface area contributed by atoms with Gasteiger partial charge in [0.25, 0.3) is 0 Å². The molecule has 2 aliphatic heterocycles. The second-order valence-corrected chi connectivity index (χ2v) is 8.36. The highest BCUT2D eigenvalue weighted by molar-refractivity contribution is 6.30. The summed E-state index contributed by atoms with van der Waals surface area (Å²) in [5.74, 6) is 0.970. The molecule has 2 fully saturated rings. The second kappa shape index (κ2) is 13.2. The van der Waals surface area contributed by atoms with E-state index in [-0.39, 0.29) is 0 Å². The maximum atomic E-state index is 6.13. The van der Waals surface area contributed by atoms with Crippen LogP contribution < -0.4 is 5.32 Å². The SMILES string of the molecule is CCNC(=NCCOCc1cccc(Cl)c1)N1CCC(OCC2CCCCO2)CC1. The number of benzene rings is 1. The van der Waals surface area contributed by atoms with Crippen molar-refractivity contribution in [2.24, 2.45) is 4.99 Å². The fraction of sp³-hybridized carbons (Fsp3) is 0.696. The molecule has 0 aromatic heterocycles. The third-order valence-electron chi connectivity index (χ3n) is 5.52. The molecular formula is C23H36ClN3O3. The van der Waals surface area contributed by atoms with Crippen LogP contribution in [0.2, 0.25) is 5.02 Å². The maximum Gasteiger partial charge on any atom is 0.193 e. The first-order chi connectivity index (χ1) is 14.7. The first-order valence-electron chi connectivity index (χ1n) is 11.3. The van der Waals surface area contributed by atoms with E-state index in [0.717, 1.165) is 68.7 Å². The van der Waals surface area contributed by atoms with E-state index in [1.165, 1.54) is 12.8 Å². The molecule has 0 saturated carbocycles. The highest BCUT2D eigenvalue weighted by atomic mass is 35.5. The summed E-state index contributed by atoms with van der Waals surface area (Å²) in [6.07, 6.45) is 6.27. The van der Waals surface area contributed by atoms with E-state index in [2.05, 4.69) is 17.1 Å². The minimum Gasteiger partial charge on any atom is -0.376 e. The van der Waals surface area contributed by atoms with E-state index in [4.69, 9.17) is 30.8 Å². The molecule has 3 rings (SSSR count). The lowest BCUT2D eigenvalue weighted by atomic mass is 10.1. The minimum atomic E-state index is 0.294. The van der Waals surface area contributed by atoms with Crippen LogP contribution in [0.4, 0.5) is 0 Å². The number of hydrogen-bond donors (Lipinski definition) is 1. The summed E-state index contributed by atoms with van der Waals surface area (Å²) in [6, 6.07) is 7.77. The zero-order valence-corrected chi connectivity index (χ0v) is 18.9. The van der Waals surface area contributed by atoms with E-state index in [1.807, 2.05) is 24.3 Å². The molecule has 1 N–H and O–H groups in total. The minimum absolute atomic E-state index is 0.294. The summed E-state index contributed by atoms with van der Waals surface area (Å²) in [7, 11) is 0. The Morgan fingerprint density at radius 2 is 2.13 bits per heavy atom. The fourth-order valence-corrected chi connectivity index (χ4v) is 4.09. The van der Waals surface area contributed by atoms with Gasteiger partial charge in [-0.25, -0.2) is 0 Å². The molecule has 0 aliphatic carbocycles. The normalized spacial score (nSPS) is 21.1. The number of guanidine groups is 1. The molecule has 1 aromatic rings. The van der Waals surface area contributed by atoms with Gasteiger partial charge in [-0.1, -0.05) is 23.7 Å². The van der Waals surface area contributed by atoms with Gasteiger partial charge >= 0.3 is 0 Å². The van der Waals surface area contributed by atoms with Crippen LogP contribution in [0.25, 0.3) is 0 Å². The van der Waals surface area contributed by atoms with Crippen molar-refractivity contribution in [3.63, 3.8) is 0 Å². The zero-order valence-electron chi connectivity index (χ0n) is 18.2. The van der Waals surface area contributed by atoms with Crippen molar-refractivity contribution in [3.05, 3.63) is 34.9 Å². The van der Waals surface area contributed by atoms with E-state index in [0.29, 0.717) is 32.0 Å². The lowest BCUT2D eigenvalue weighted by Crippen LogP contribution is -2.47. The van der Waals surface area contributed by atoms with Crippen molar-refractivity contribution in [2.75, 3.05) is 46.0 Å². The Labute approximate surface area is 185 Å². The van der Waals surface area contributed by atoms with Crippen LogP contribution in [0.1, 0.15) is 44.6 Å². The number of hydrogen-bond acceptors (Lipinski definition) is 4. The van der Waals surface area contributed by atoms with E-state index in [9.17, 15) is 0 Å². The van der Waals surface area contributed by atoms with Crippen LogP contribution in [-0.2, 0) is 20.8 Å². The number of ether oxygens (including phenoxy) is 3. The van der Waals surface area contributed by atoms with Crippen LogP contribution in [0.15, 0.2) is 29.3 Å². The number of aliphatic imine (C=N–C) groups is 1. The van der Waals surface area contributed by atoms with Crippen molar-refractivity contribution >= 4 is 17.6 Å². The Morgan fingerprint density at radius 1 is 1.27 bits per heavy atom. The Kier molecular flexibility index (Phi) is 10.2. The lowest BCUT2D eigenvalue weighted by molar-refractivity contribution is -0.0721. The summed E-state index contributed by atoms with van der Waals surface area (Å²) in [5, 5.41) is 4.15. The number of piperidine rings is 1. The molecule has 0 bridgehead atoms. The van der Waals surface area contributed by atoms with Crippen molar-refractivity contribution in [3.8, 4) is 0 Å². The van der Waals surface area contributed by atoms with Crippen LogP contribution >= 0.6 is 11.6 Å². The predicted octanol–water partition coefficient (Wildman–Crippen LogP) is 3.87. The van der Waals surface area contributed by atoms with Gasteiger partial charge in [-0.3, -0.25) is 4.99 Å². The molecule has 1 aromatic carbocycles. The molecule has 2 heterocycles. The summed E-state index contributed by atoms with van der Waals surface area (Å²) < 4.78 is 17.7. The van der Waals surface area contributed by atoms with E-state index < -0.39 is 0 Å². The zero-order chi connectivity index (χ0) is 21.0. The average molecular weight is 438 g/mol. The number of nitrogens with zero attached hydrogens (tertiary/aromatic N) is 2.